The van der Waals surface area contributed by atoms with Crippen molar-refractivity contribution in [3.05, 3.63) is 66.0 Å². The number of carbonyl (C=O) groups excluding carboxylic acids is 1. The second-order valence-electron chi connectivity index (χ2n) is 7.91. The Morgan fingerprint density at radius 2 is 1.91 bits per heavy atom. The van der Waals surface area contributed by atoms with Gasteiger partial charge in [-0.25, -0.2) is 4.98 Å². The van der Waals surface area contributed by atoms with Crippen LogP contribution in [0.3, 0.4) is 0 Å². The normalized spacial score (nSPS) is 13.8. The van der Waals surface area contributed by atoms with Crippen LogP contribution in [0.4, 0.5) is 11.6 Å². The molecule has 1 saturated heterocycles. The first-order valence-electron chi connectivity index (χ1n) is 10.7. The van der Waals surface area contributed by atoms with Crippen LogP contribution in [0, 0.1) is 6.92 Å². The lowest BCUT2D eigenvalue weighted by Gasteiger charge is -2.26. The van der Waals surface area contributed by atoms with E-state index in [1.165, 1.54) is 0 Å². The maximum atomic E-state index is 12.8. The summed E-state index contributed by atoms with van der Waals surface area (Å²) < 4.78 is 13.4. The van der Waals surface area contributed by atoms with Gasteiger partial charge in [-0.2, -0.15) is 9.97 Å². The molecule has 0 unspecified atom stereocenters. The molecule has 0 aliphatic carbocycles. The van der Waals surface area contributed by atoms with Gasteiger partial charge in [0.2, 0.25) is 5.95 Å². The molecule has 0 radical (unpaired) electrons. The molecule has 168 valence electrons. The number of ether oxygens (including phenoxy) is 2. The molecule has 5 rings (SSSR count). The fourth-order valence-corrected chi connectivity index (χ4v) is 3.68. The number of anilines is 2. The van der Waals surface area contributed by atoms with Crippen LogP contribution in [-0.2, 0) is 11.8 Å². The predicted octanol–water partition coefficient (Wildman–Crippen LogP) is 3.55. The van der Waals surface area contributed by atoms with Gasteiger partial charge in [0, 0.05) is 31.4 Å². The Morgan fingerprint density at radius 3 is 2.73 bits per heavy atom. The molecule has 3 heterocycles. The monoisotopic (exact) mass is 444 g/mol. The summed E-state index contributed by atoms with van der Waals surface area (Å²) in [6.07, 6.45) is 1.68. The second-order valence-corrected chi connectivity index (χ2v) is 7.91. The minimum Gasteiger partial charge on any atom is -0.437 e. The third kappa shape index (κ3) is 4.49. The maximum Gasteiger partial charge on any atom is 0.255 e. The van der Waals surface area contributed by atoms with Crippen LogP contribution in [-0.4, -0.2) is 51.7 Å². The summed E-state index contributed by atoms with van der Waals surface area (Å²) in [7, 11) is 1.88. The van der Waals surface area contributed by atoms with E-state index in [2.05, 4.69) is 25.2 Å². The lowest BCUT2D eigenvalue weighted by molar-refractivity contribution is 0.102. The summed E-state index contributed by atoms with van der Waals surface area (Å²) in [5, 5.41) is 2.92. The Labute approximate surface area is 191 Å². The molecule has 0 spiro atoms. The number of amides is 1. The Morgan fingerprint density at radius 1 is 1.09 bits per heavy atom. The number of imidazole rings is 1. The quantitative estimate of drug-likeness (QED) is 0.503. The molecular formula is C24H24N6O3. The highest BCUT2D eigenvalue weighted by Crippen LogP contribution is 2.29. The van der Waals surface area contributed by atoms with Crippen molar-refractivity contribution in [2.75, 3.05) is 36.5 Å². The second kappa shape index (κ2) is 8.87. The number of nitrogens with zero attached hydrogens (tertiary/aromatic N) is 5. The van der Waals surface area contributed by atoms with E-state index in [9.17, 15) is 4.79 Å². The van der Waals surface area contributed by atoms with Gasteiger partial charge >= 0.3 is 0 Å². The zero-order chi connectivity index (χ0) is 22.8. The van der Waals surface area contributed by atoms with Crippen LogP contribution in [0.25, 0.3) is 11.2 Å². The standard InChI is InChI=1S/C24H24N6O3/c1-16-5-3-7-18(13-16)26-22(31)17-6-4-8-19(14-17)33-23-20-21(29(2)15-25-20)27-24(28-23)30-9-11-32-12-10-30/h3-8,13-15H,9-12H2,1-2H3,(H,26,31). The first-order chi connectivity index (χ1) is 16.1. The van der Waals surface area contributed by atoms with Crippen LogP contribution in [0.5, 0.6) is 11.6 Å². The van der Waals surface area contributed by atoms with Crippen molar-refractivity contribution in [3.63, 3.8) is 0 Å². The van der Waals surface area contributed by atoms with Crippen LogP contribution in [0.2, 0.25) is 0 Å². The van der Waals surface area contributed by atoms with Gasteiger partial charge in [0.15, 0.2) is 11.2 Å². The van der Waals surface area contributed by atoms with Crippen LogP contribution >= 0.6 is 0 Å². The van der Waals surface area contributed by atoms with Crippen molar-refractivity contribution in [2.24, 2.45) is 7.05 Å². The summed E-state index contributed by atoms with van der Waals surface area (Å²) in [5.74, 6) is 1.19. The lowest BCUT2D eigenvalue weighted by atomic mass is 10.2. The van der Waals surface area contributed by atoms with Gasteiger partial charge < -0.3 is 24.3 Å². The number of nitrogens with one attached hydrogen (secondary N) is 1. The predicted molar refractivity (Wildman–Crippen MR) is 125 cm³/mol. The molecule has 1 fully saturated rings. The molecule has 1 aliphatic rings. The molecule has 4 aromatic rings. The Balaban J connectivity index is 1.43. The van der Waals surface area contributed by atoms with E-state index in [0.29, 0.717) is 60.6 Å². The highest BCUT2D eigenvalue weighted by atomic mass is 16.5. The number of benzene rings is 2. The van der Waals surface area contributed by atoms with Gasteiger partial charge in [0.1, 0.15) is 5.75 Å². The number of aryl methyl sites for hydroxylation is 2. The topological polar surface area (TPSA) is 94.4 Å². The summed E-state index contributed by atoms with van der Waals surface area (Å²) in [6, 6.07) is 14.7. The van der Waals surface area contributed by atoms with Crippen molar-refractivity contribution >= 4 is 28.7 Å². The molecule has 1 N–H and O–H groups in total. The molecule has 33 heavy (non-hydrogen) atoms. The smallest absolute Gasteiger partial charge is 0.255 e. The number of morpholine rings is 1. The molecule has 0 atom stereocenters. The van der Waals surface area contributed by atoms with Crippen molar-refractivity contribution in [1.29, 1.82) is 0 Å². The van der Waals surface area contributed by atoms with Crippen LogP contribution in [0.1, 0.15) is 15.9 Å². The molecular weight excluding hydrogens is 420 g/mol. The fourth-order valence-electron chi connectivity index (χ4n) is 3.68. The third-order valence-corrected chi connectivity index (χ3v) is 5.40. The maximum absolute atomic E-state index is 12.8. The van der Waals surface area contributed by atoms with Crippen molar-refractivity contribution in [3.8, 4) is 11.6 Å². The number of carbonyl (C=O) groups is 1. The molecule has 2 aromatic heterocycles. The zero-order valence-electron chi connectivity index (χ0n) is 18.5. The van der Waals surface area contributed by atoms with E-state index in [0.717, 1.165) is 11.3 Å². The zero-order valence-corrected chi connectivity index (χ0v) is 18.5. The van der Waals surface area contributed by atoms with Crippen molar-refractivity contribution < 1.29 is 14.3 Å². The van der Waals surface area contributed by atoms with Gasteiger partial charge in [-0.3, -0.25) is 4.79 Å². The molecule has 9 nitrogen and oxygen atoms in total. The Hall–Kier alpha value is -3.98. The lowest BCUT2D eigenvalue weighted by Crippen LogP contribution is -2.37. The van der Waals surface area contributed by atoms with E-state index in [-0.39, 0.29) is 5.91 Å². The first kappa shape index (κ1) is 20.9. The molecule has 2 aromatic carbocycles. The summed E-state index contributed by atoms with van der Waals surface area (Å²) >= 11 is 0. The van der Waals surface area contributed by atoms with E-state index >= 15 is 0 Å². The number of fused-ring (bicyclic) bond motifs is 1. The molecule has 9 heteroatoms. The number of hydrogen-bond donors (Lipinski definition) is 1. The molecule has 0 saturated carbocycles. The third-order valence-electron chi connectivity index (χ3n) is 5.40. The molecule has 1 aliphatic heterocycles. The van der Waals surface area contributed by atoms with Gasteiger partial charge in [-0.05, 0) is 42.8 Å². The summed E-state index contributed by atoms with van der Waals surface area (Å²) in [5.41, 5.74) is 3.53. The molecule has 1 amide bonds. The SMILES string of the molecule is Cc1cccc(NC(=O)c2cccc(Oc3nc(N4CCOCC4)nc4c3ncn4C)c2)c1. The number of hydrogen-bond acceptors (Lipinski definition) is 7. The van der Waals surface area contributed by atoms with E-state index < -0.39 is 0 Å². The van der Waals surface area contributed by atoms with E-state index in [4.69, 9.17) is 9.47 Å². The van der Waals surface area contributed by atoms with E-state index in [1.807, 2.05) is 42.8 Å². The summed E-state index contributed by atoms with van der Waals surface area (Å²) in [6.45, 7) is 4.65. The van der Waals surface area contributed by atoms with Gasteiger partial charge in [-0.1, -0.05) is 18.2 Å². The highest BCUT2D eigenvalue weighted by Gasteiger charge is 2.20. The minimum absolute atomic E-state index is 0.217. The van der Waals surface area contributed by atoms with Crippen LogP contribution in [0.15, 0.2) is 54.9 Å². The van der Waals surface area contributed by atoms with Gasteiger partial charge in [0.25, 0.3) is 11.8 Å². The van der Waals surface area contributed by atoms with Gasteiger partial charge in [0.05, 0.1) is 19.5 Å². The summed E-state index contributed by atoms with van der Waals surface area (Å²) in [4.78, 5) is 28.6. The van der Waals surface area contributed by atoms with Gasteiger partial charge in [-0.15, -0.1) is 0 Å². The van der Waals surface area contributed by atoms with E-state index in [1.54, 1.807) is 30.6 Å². The fraction of sp³-hybridized carbons (Fsp3) is 0.250. The highest BCUT2D eigenvalue weighted by molar-refractivity contribution is 6.04. The first-order valence-corrected chi connectivity index (χ1v) is 10.7. The average molecular weight is 444 g/mol. The van der Waals surface area contributed by atoms with Crippen LogP contribution < -0.4 is 15.0 Å². The average Bonchev–Trinajstić information content (AvgIpc) is 3.21. The Kier molecular flexibility index (Phi) is 5.62. The minimum atomic E-state index is -0.217. The number of rotatable bonds is 5. The van der Waals surface area contributed by atoms with Crippen molar-refractivity contribution in [1.82, 2.24) is 19.5 Å². The largest absolute Gasteiger partial charge is 0.437 e. The van der Waals surface area contributed by atoms with Crippen molar-refractivity contribution in [2.45, 2.75) is 6.92 Å². The number of aromatic nitrogens is 4. The Bertz CT molecular complexity index is 1310. The molecule has 0 bridgehead atoms.